The fourth-order valence-corrected chi connectivity index (χ4v) is 1.57. The van der Waals surface area contributed by atoms with Crippen molar-refractivity contribution in [1.29, 1.82) is 0 Å². The van der Waals surface area contributed by atoms with Crippen molar-refractivity contribution in [3.05, 3.63) is 47.5 Å². The van der Waals surface area contributed by atoms with Crippen LogP contribution in [0.4, 0.5) is 0 Å². The Morgan fingerprint density at radius 1 is 1.40 bits per heavy atom. The van der Waals surface area contributed by atoms with Crippen molar-refractivity contribution < 1.29 is 0 Å². The van der Waals surface area contributed by atoms with Crippen molar-refractivity contribution in [2.45, 2.75) is 25.8 Å². The van der Waals surface area contributed by atoms with Crippen LogP contribution in [0.5, 0.6) is 0 Å². The molecule has 0 amide bonds. The van der Waals surface area contributed by atoms with Gasteiger partial charge in [-0.05, 0) is 37.1 Å². The smallest absolute Gasteiger partial charge is 0.0406 e. The number of rotatable bonds is 6. The van der Waals surface area contributed by atoms with Crippen LogP contribution in [0.1, 0.15) is 18.9 Å². The molecule has 1 rings (SSSR count). The zero-order chi connectivity index (χ0) is 11.1. The van der Waals surface area contributed by atoms with Gasteiger partial charge in [-0.2, -0.15) is 0 Å². The second kappa shape index (κ2) is 6.65. The molecule has 0 aliphatic heterocycles. The van der Waals surface area contributed by atoms with Gasteiger partial charge in [-0.1, -0.05) is 36.7 Å². The monoisotopic (exact) mass is 223 g/mol. The first-order valence-corrected chi connectivity index (χ1v) is 5.74. The molecule has 1 atom stereocenters. The van der Waals surface area contributed by atoms with Crippen LogP contribution in [0.3, 0.4) is 0 Å². The number of nitrogens with one attached hydrogen (secondary N) is 1. The number of hydrogen-bond donors (Lipinski definition) is 1. The van der Waals surface area contributed by atoms with Crippen molar-refractivity contribution >= 4 is 11.6 Å². The van der Waals surface area contributed by atoms with Crippen LogP contribution in [0.25, 0.3) is 0 Å². The Balaban J connectivity index is 2.50. The molecule has 1 N–H and O–H groups in total. The maximum Gasteiger partial charge on any atom is 0.0406 e. The molecular weight excluding hydrogens is 206 g/mol. The fourth-order valence-electron chi connectivity index (χ4n) is 1.44. The minimum absolute atomic E-state index is 0.353. The van der Waals surface area contributed by atoms with Crippen LogP contribution in [0.2, 0.25) is 5.02 Å². The van der Waals surface area contributed by atoms with Gasteiger partial charge in [-0.25, -0.2) is 0 Å². The lowest BCUT2D eigenvalue weighted by molar-refractivity contribution is 0.585. The highest BCUT2D eigenvalue weighted by molar-refractivity contribution is 6.30. The standard InChI is InChI=1S/C13H18ClN/c1-3-9-15-13(4-2)10-11-5-7-12(14)8-6-11/h4-8,13,15H,2-3,9-10H2,1H3. The predicted molar refractivity (Wildman–Crippen MR) is 67.4 cm³/mol. The highest BCUT2D eigenvalue weighted by atomic mass is 35.5. The van der Waals surface area contributed by atoms with Crippen LogP contribution in [0.15, 0.2) is 36.9 Å². The molecule has 0 fully saturated rings. The van der Waals surface area contributed by atoms with Gasteiger partial charge in [-0.3, -0.25) is 0 Å². The summed E-state index contributed by atoms with van der Waals surface area (Å²) in [7, 11) is 0. The lowest BCUT2D eigenvalue weighted by atomic mass is 10.1. The molecule has 0 bridgehead atoms. The van der Waals surface area contributed by atoms with Crippen molar-refractivity contribution in [1.82, 2.24) is 5.32 Å². The molecule has 0 aromatic heterocycles. The largest absolute Gasteiger partial charge is 0.310 e. The molecule has 0 aliphatic carbocycles. The van der Waals surface area contributed by atoms with E-state index in [0.29, 0.717) is 6.04 Å². The third-order valence-electron chi connectivity index (χ3n) is 2.31. The Morgan fingerprint density at radius 2 is 2.07 bits per heavy atom. The normalized spacial score (nSPS) is 12.4. The average Bonchev–Trinajstić information content (AvgIpc) is 2.27. The van der Waals surface area contributed by atoms with E-state index in [0.717, 1.165) is 24.4 Å². The van der Waals surface area contributed by atoms with E-state index in [-0.39, 0.29) is 0 Å². The maximum absolute atomic E-state index is 5.83. The molecule has 0 heterocycles. The van der Waals surface area contributed by atoms with E-state index in [1.165, 1.54) is 5.56 Å². The van der Waals surface area contributed by atoms with Crippen LogP contribution in [-0.4, -0.2) is 12.6 Å². The van der Waals surface area contributed by atoms with Crippen LogP contribution in [0, 0.1) is 0 Å². The lowest BCUT2D eigenvalue weighted by Gasteiger charge is -2.14. The topological polar surface area (TPSA) is 12.0 Å². The first-order chi connectivity index (χ1) is 7.26. The zero-order valence-electron chi connectivity index (χ0n) is 9.17. The van der Waals surface area contributed by atoms with E-state index in [4.69, 9.17) is 11.6 Å². The Kier molecular flexibility index (Phi) is 5.44. The van der Waals surface area contributed by atoms with E-state index in [2.05, 4.69) is 31.0 Å². The Hall–Kier alpha value is -0.790. The summed E-state index contributed by atoms with van der Waals surface area (Å²) in [5.74, 6) is 0. The molecule has 0 saturated carbocycles. The van der Waals surface area contributed by atoms with Gasteiger partial charge in [-0.15, -0.1) is 6.58 Å². The molecule has 0 radical (unpaired) electrons. The third-order valence-corrected chi connectivity index (χ3v) is 2.56. The average molecular weight is 224 g/mol. The SMILES string of the molecule is C=CC(Cc1ccc(Cl)cc1)NCCC. The van der Waals surface area contributed by atoms with Gasteiger partial charge < -0.3 is 5.32 Å². The van der Waals surface area contributed by atoms with Gasteiger partial charge in [0.2, 0.25) is 0 Å². The molecule has 0 saturated heterocycles. The van der Waals surface area contributed by atoms with Crippen molar-refractivity contribution in [3.8, 4) is 0 Å². The summed E-state index contributed by atoms with van der Waals surface area (Å²) in [6, 6.07) is 8.33. The van der Waals surface area contributed by atoms with Crippen molar-refractivity contribution in [2.24, 2.45) is 0 Å². The summed E-state index contributed by atoms with van der Waals surface area (Å²) < 4.78 is 0. The Morgan fingerprint density at radius 3 is 2.60 bits per heavy atom. The molecule has 1 unspecified atom stereocenters. The molecule has 82 valence electrons. The minimum atomic E-state index is 0.353. The van der Waals surface area contributed by atoms with E-state index < -0.39 is 0 Å². The molecule has 15 heavy (non-hydrogen) atoms. The second-order valence-corrected chi connectivity index (χ2v) is 4.06. The van der Waals surface area contributed by atoms with Crippen LogP contribution >= 0.6 is 11.6 Å². The summed E-state index contributed by atoms with van der Waals surface area (Å²) in [6.45, 7) is 7.03. The minimum Gasteiger partial charge on any atom is -0.310 e. The summed E-state index contributed by atoms with van der Waals surface area (Å²) in [5.41, 5.74) is 1.29. The van der Waals surface area contributed by atoms with Gasteiger partial charge in [0.1, 0.15) is 0 Å². The number of halogens is 1. The third kappa shape index (κ3) is 4.50. The lowest BCUT2D eigenvalue weighted by Crippen LogP contribution is -2.29. The summed E-state index contributed by atoms with van der Waals surface area (Å²) in [4.78, 5) is 0. The first kappa shape index (κ1) is 12.3. The van der Waals surface area contributed by atoms with Gasteiger partial charge in [0.25, 0.3) is 0 Å². The molecule has 1 aromatic rings. The molecular formula is C13H18ClN. The molecule has 2 heteroatoms. The van der Waals surface area contributed by atoms with Gasteiger partial charge >= 0.3 is 0 Å². The predicted octanol–water partition coefficient (Wildman–Crippen LogP) is 3.44. The van der Waals surface area contributed by atoms with E-state index in [1.54, 1.807) is 0 Å². The first-order valence-electron chi connectivity index (χ1n) is 5.36. The Labute approximate surface area is 97.1 Å². The highest BCUT2D eigenvalue weighted by Gasteiger charge is 2.03. The fraction of sp³-hybridized carbons (Fsp3) is 0.385. The molecule has 1 nitrogen and oxygen atoms in total. The zero-order valence-corrected chi connectivity index (χ0v) is 9.93. The highest BCUT2D eigenvalue weighted by Crippen LogP contribution is 2.11. The summed E-state index contributed by atoms with van der Waals surface area (Å²) in [5, 5.41) is 4.22. The van der Waals surface area contributed by atoms with Gasteiger partial charge in [0.05, 0.1) is 0 Å². The summed E-state index contributed by atoms with van der Waals surface area (Å²) >= 11 is 5.83. The van der Waals surface area contributed by atoms with Crippen molar-refractivity contribution in [2.75, 3.05) is 6.54 Å². The number of hydrogen-bond acceptors (Lipinski definition) is 1. The Bertz CT molecular complexity index is 292. The molecule has 0 spiro atoms. The quantitative estimate of drug-likeness (QED) is 0.729. The van der Waals surface area contributed by atoms with E-state index in [1.807, 2.05) is 18.2 Å². The van der Waals surface area contributed by atoms with Crippen LogP contribution in [-0.2, 0) is 6.42 Å². The molecule has 1 aromatic carbocycles. The van der Waals surface area contributed by atoms with Gasteiger partial charge in [0, 0.05) is 11.1 Å². The van der Waals surface area contributed by atoms with E-state index >= 15 is 0 Å². The maximum atomic E-state index is 5.83. The van der Waals surface area contributed by atoms with Gasteiger partial charge in [0.15, 0.2) is 0 Å². The number of benzene rings is 1. The van der Waals surface area contributed by atoms with Crippen molar-refractivity contribution in [3.63, 3.8) is 0 Å². The van der Waals surface area contributed by atoms with Crippen LogP contribution < -0.4 is 5.32 Å². The van der Waals surface area contributed by atoms with E-state index in [9.17, 15) is 0 Å². The second-order valence-electron chi connectivity index (χ2n) is 3.63. The summed E-state index contributed by atoms with van der Waals surface area (Å²) in [6.07, 6.45) is 4.08. The molecule has 0 aliphatic rings.